The third-order valence-electron chi connectivity index (χ3n) is 2.26. The average molecular weight is 241 g/mol. The average Bonchev–Trinajstić information content (AvgIpc) is 2.37. The van der Waals surface area contributed by atoms with E-state index in [2.05, 4.69) is 17.6 Å². The Hall–Kier alpha value is -1.87. The topological polar surface area (TPSA) is 29.4 Å². The van der Waals surface area contributed by atoms with Crippen LogP contribution in [0.2, 0.25) is 0 Å². The van der Waals surface area contributed by atoms with Crippen molar-refractivity contribution in [2.45, 2.75) is 4.90 Å². The number of benzene rings is 2. The maximum Gasteiger partial charge on any atom is 0.150 e. The van der Waals surface area contributed by atoms with E-state index in [1.165, 1.54) is 0 Å². The van der Waals surface area contributed by atoms with Gasteiger partial charge in [0.15, 0.2) is 0 Å². The third kappa shape index (κ3) is 3.29. The van der Waals surface area contributed by atoms with E-state index in [4.69, 9.17) is 0 Å². The first-order valence-corrected chi connectivity index (χ1v) is 5.61. The summed E-state index contributed by atoms with van der Waals surface area (Å²) in [6.07, 6.45) is 2.59. The number of hydrogen-bond acceptors (Lipinski definition) is 3. The molecule has 0 heterocycles. The number of aldehydes is 1. The molecule has 0 saturated carbocycles. The minimum atomic E-state index is 0.666. The number of carbonyl (C=O) groups is 1. The molecule has 3 heteroatoms. The first-order chi connectivity index (χ1) is 8.28. The van der Waals surface area contributed by atoms with Gasteiger partial charge in [0.2, 0.25) is 0 Å². The fourth-order valence-corrected chi connectivity index (χ4v) is 1.60. The normalized spacial score (nSPS) is 10.6. The van der Waals surface area contributed by atoms with Gasteiger partial charge in [0.1, 0.15) is 6.29 Å². The van der Waals surface area contributed by atoms with Crippen LogP contribution in [0.25, 0.3) is 0 Å². The van der Waals surface area contributed by atoms with Crippen molar-refractivity contribution in [1.82, 2.24) is 0 Å². The van der Waals surface area contributed by atoms with Gasteiger partial charge in [-0.3, -0.25) is 9.79 Å². The van der Waals surface area contributed by atoms with Crippen molar-refractivity contribution in [1.29, 1.82) is 0 Å². The number of carbonyl (C=O) groups excluding carboxylic acids is 1. The molecule has 2 nitrogen and oxygen atoms in total. The molecule has 2 aromatic rings. The molecule has 84 valence electrons. The molecular formula is C14H11NOS. The monoisotopic (exact) mass is 241 g/mol. The second kappa shape index (κ2) is 5.46. The highest BCUT2D eigenvalue weighted by atomic mass is 32.1. The summed E-state index contributed by atoms with van der Waals surface area (Å²) in [4.78, 5) is 15.7. The smallest absolute Gasteiger partial charge is 0.150 e. The number of aliphatic imine (C=N–C) groups is 1. The number of hydrogen-bond donors (Lipinski definition) is 1. The fourth-order valence-electron chi connectivity index (χ4n) is 1.38. The lowest BCUT2D eigenvalue weighted by molar-refractivity contribution is 0.112. The van der Waals surface area contributed by atoms with Gasteiger partial charge in [0, 0.05) is 16.7 Å². The Labute approximate surface area is 105 Å². The van der Waals surface area contributed by atoms with Gasteiger partial charge in [-0.1, -0.05) is 30.3 Å². The van der Waals surface area contributed by atoms with Crippen molar-refractivity contribution < 1.29 is 4.79 Å². The van der Waals surface area contributed by atoms with Crippen LogP contribution < -0.4 is 0 Å². The van der Waals surface area contributed by atoms with E-state index in [-0.39, 0.29) is 0 Å². The highest BCUT2D eigenvalue weighted by molar-refractivity contribution is 7.80. The molecule has 0 saturated heterocycles. The van der Waals surface area contributed by atoms with Crippen LogP contribution in [-0.4, -0.2) is 12.5 Å². The van der Waals surface area contributed by atoms with E-state index in [0.29, 0.717) is 5.56 Å². The lowest BCUT2D eigenvalue weighted by Crippen LogP contribution is -1.83. The molecule has 0 spiro atoms. The molecule has 0 unspecified atom stereocenters. The number of rotatable bonds is 3. The minimum Gasteiger partial charge on any atom is -0.298 e. The van der Waals surface area contributed by atoms with Gasteiger partial charge in [0.25, 0.3) is 0 Å². The lowest BCUT2D eigenvalue weighted by Gasteiger charge is -1.96. The van der Waals surface area contributed by atoms with Crippen LogP contribution in [-0.2, 0) is 0 Å². The fraction of sp³-hybridized carbons (Fsp3) is 0. The van der Waals surface area contributed by atoms with Crippen molar-refractivity contribution in [2.24, 2.45) is 4.99 Å². The van der Waals surface area contributed by atoms with Gasteiger partial charge in [-0.15, -0.1) is 12.6 Å². The van der Waals surface area contributed by atoms with Crippen molar-refractivity contribution in [3.8, 4) is 0 Å². The van der Waals surface area contributed by atoms with Crippen LogP contribution in [0.4, 0.5) is 5.69 Å². The quantitative estimate of drug-likeness (QED) is 0.497. The van der Waals surface area contributed by atoms with Crippen molar-refractivity contribution in [2.75, 3.05) is 0 Å². The molecule has 17 heavy (non-hydrogen) atoms. The Morgan fingerprint density at radius 1 is 1.00 bits per heavy atom. The minimum absolute atomic E-state index is 0.666. The molecule has 0 aliphatic carbocycles. The Morgan fingerprint density at radius 2 is 1.71 bits per heavy atom. The van der Waals surface area contributed by atoms with E-state index in [1.54, 1.807) is 18.3 Å². The molecule has 0 radical (unpaired) electrons. The first-order valence-electron chi connectivity index (χ1n) is 5.16. The molecule has 0 aromatic heterocycles. The molecule has 0 amide bonds. The maximum absolute atomic E-state index is 10.5. The maximum atomic E-state index is 10.5. The summed E-state index contributed by atoms with van der Waals surface area (Å²) in [6.45, 7) is 0. The summed E-state index contributed by atoms with van der Waals surface area (Å²) in [6, 6.07) is 14.9. The second-order valence-corrected chi connectivity index (χ2v) is 4.08. The Kier molecular flexibility index (Phi) is 3.73. The molecule has 0 bridgehead atoms. The largest absolute Gasteiger partial charge is 0.298 e. The van der Waals surface area contributed by atoms with Gasteiger partial charge in [0.05, 0.1) is 5.69 Å². The number of nitrogens with zero attached hydrogens (tertiary/aromatic N) is 1. The van der Waals surface area contributed by atoms with Crippen LogP contribution in [0.5, 0.6) is 0 Å². The van der Waals surface area contributed by atoms with Gasteiger partial charge in [-0.05, 0) is 23.8 Å². The predicted molar refractivity (Wildman–Crippen MR) is 72.8 cm³/mol. The summed E-state index contributed by atoms with van der Waals surface area (Å²) < 4.78 is 0. The van der Waals surface area contributed by atoms with E-state index >= 15 is 0 Å². The lowest BCUT2D eigenvalue weighted by atomic mass is 10.2. The van der Waals surface area contributed by atoms with Crippen molar-refractivity contribution in [3.05, 3.63) is 59.7 Å². The van der Waals surface area contributed by atoms with Gasteiger partial charge < -0.3 is 0 Å². The molecule has 0 aliphatic rings. The third-order valence-corrected chi connectivity index (χ3v) is 2.54. The zero-order valence-electron chi connectivity index (χ0n) is 9.08. The van der Waals surface area contributed by atoms with E-state index in [0.717, 1.165) is 22.4 Å². The highest BCUT2D eigenvalue weighted by Crippen LogP contribution is 2.16. The Balaban J connectivity index is 2.17. The summed E-state index contributed by atoms with van der Waals surface area (Å²) in [5.74, 6) is 0. The molecule has 0 atom stereocenters. The summed E-state index contributed by atoms with van der Waals surface area (Å²) in [7, 11) is 0. The van der Waals surface area contributed by atoms with Crippen LogP contribution in [0.3, 0.4) is 0 Å². The van der Waals surface area contributed by atoms with E-state index < -0.39 is 0 Å². The van der Waals surface area contributed by atoms with E-state index in [9.17, 15) is 4.79 Å². The molecule has 0 fully saturated rings. The predicted octanol–water partition coefficient (Wildman–Crippen LogP) is 3.54. The van der Waals surface area contributed by atoms with E-state index in [1.807, 2.05) is 36.4 Å². The van der Waals surface area contributed by atoms with Crippen LogP contribution in [0.1, 0.15) is 15.9 Å². The molecule has 2 aromatic carbocycles. The molecular weight excluding hydrogens is 230 g/mol. The Morgan fingerprint density at radius 3 is 2.35 bits per heavy atom. The van der Waals surface area contributed by atoms with Crippen LogP contribution in [0, 0.1) is 0 Å². The number of thiol groups is 1. The molecule has 0 N–H and O–H groups in total. The van der Waals surface area contributed by atoms with Crippen molar-refractivity contribution >= 4 is 30.8 Å². The molecule has 2 rings (SSSR count). The summed E-state index contributed by atoms with van der Waals surface area (Å²) in [5.41, 5.74) is 2.48. The highest BCUT2D eigenvalue weighted by Gasteiger charge is 1.91. The standard InChI is InChI=1S/C14H11NOS/c16-10-12-6-4-11(5-7-12)9-15-13-2-1-3-14(17)8-13/h1-10,17H/b15-9+. The van der Waals surface area contributed by atoms with Gasteiger partial charge in [-0.25, -0.2) is 0 Å². The Bertz CT molecular complexity index is 546. The van der Waals surface area contributed by atoms with Gasteiger partial charge in [-0.2, -0.15) is 0 Å². The summed E-state index contributed by atoms with van der Waals surface area (Å²) >= 11 is 4.25. The van der Waals surface area contributed by atoms with Crippen LogP contribution >= 0.6 is 12.6 Å². The zero-order valence-corrected chi connectivity index (χ0v) is 9.97. The van der Waals surface area contributed by atoms with Gasteiger partial charge >= 0.3 is 0 Å². The SMILES string of the molecule is O=Cc1ccc(/C=N/c2cccc(S)c2)cc1. The first kappa shape index (κ1) is 11.6. The summed E-state index contributed by atoms with van der Waals surface area (Å²) in [5, 5.41) is 0. The van der Waals surface area contributed by atoms with Crippen molar-refractivity contribution in [3.63, 3.8) is 0 Å². The second-order valence-electron chi connectivity index (χ2n) is 3.56. The zero-order chi connectivity index (χ0) is 12.1. The van der Waals surface area contributed by atoms with Crippen LogP contribution in [0.15, 0.2) is 58.4 Å². The molecule has 0 aliphatic heterocycles.